The Bertz CT molecular complexity index is 1470. The number of pyridine rings is 2. The fourth-order valence-corrected chi connectivity index (χ4v) is 3.68. The van der Waals surface area contributed by atoms with Gasteiger partial charge in [0.1, 0.15) is 6.54 Å². The van der Waals surface area contributed by atoms with Gasteiger partial charge in [-0.05, 0) is 42.5 Å². The quantitative estimate of drug-likeness (QED) is 0.406. The third kappa shape index (κ3) is 4.69. The maximum atomic E-state index is 13.3. The molecular formula is C24H15ClF3N3O3. The molecule has 0 radical (unpaired) electrons. The van der Waals surface area contributed by atoms with E-state index in [9.17, 15) is 27.6 Å². The Hall–Kier alpha value is -3.98. The van der Waals surface area contributed by atoms with Gasteiger partial charge in [0.15, 0.2) is 5.78 Å². The van der Waals surface area contributed by atoms with Crippen LogP contribution in [0.5, 0.6) is 0 Å². The lowest BCUT2D eigenvalue weighted by Crippen LogP contribution is -2.25. The zero-order valence-electron chi connectivity index (χ0n) is 17.3. The molecule has 0 saturated heterocycles. The van der Waals surface area contributed by atoms with Crippen LogP contribution in [0.1, 0.15) is 21.5 Å². The molecule has 0 aliphatic heterocycles. The standard InChI is InChI=1S/C24H15ClF3N3O3/c25-15-5-6-20-16(11-15)23(34)17(22(33)14-7-9-29-10-8-14)12-31(20)13-21(32)30-19-4-2-1-3-18(19)24(26,27)28/h1-12H,13H2,(H,30,32). The van der Waals surface area contributed by atoms with Crippen LogP contribution in [0.25, 0.3) is 10.9 Å². The molecule has 4 rings (SSSR count). The third-order valence-corrected chi connectivity index (χ3v) is 5.28. The predicted molar refractivity (Wildman–Crippen MR) is 121 cm³/mol. The molecule has 4 aromatic rings. The van der Waals surface area contributed by atoms with Gasteiger partial charge in [0, 0.05) is 34.6 Å². The van der Waals surface area contributed by atoms with Crippen molar-refractivity contribution in [1.29, 1.82) is 0 Å². The molecule has 0 aliphatic carbocycles. The van der Waals surface area contributed by atoms with E-state index in [1.165, 1.54) is 65.6 Å². The number of ketones is 1. The molecule has 1 amide bonds. The first kappa shape index (κ1) is 23.2. The highest BCUT2D eigenvalue weighted by Gasteiger charge is 2.33. The van der Waals surface area contributed by atoms with Crippen LogP contribution >= 0.6 is 11.6 Å². The van der Waals surface area contributed by atoms with Crippen molar-refractivity contribution < 1.29 is 22.8 Å². The molecule has 34 heavy (non-hydrogen) atoms. The van der Waals surface area contributed by atoms with Crippen molar-refractivity contribution in [2.75, 3.05) is 5.32 Å². The first-order valence-electron chi connectivity index (χ1n) is 9.88. The van der Waals surface area contributed by atoms with E-state index in [1.807, 2.05) is 0 Å². The summed E-state index contributed by atoms with van der Waals surface area (Å²) < 4.78 is 41.1. The van der Waals surface area contributed by atoms with Crippen molar-refractivity contribution in [3.63, 3.8) is 0 Å². The number of benzene rings is 2. The number of nitrogens with one attached hydrogen (secondary N) is 1. The summed E-state index contributed by atoms with van der Waals surface area (Å²) in [6.07, 6.45) is -0.643. The fraction of sp³-hybridized carbons (Fsp3) is 0.0833. The number of rotatable bonds is 5. The number of aromatic nitrogens is 2. The molecule has 2 aromatic carbocycles. The maximum Gasteiger partial charge on any atom is 0.418 e. The van der Waals surface area contributed by atoms with Gasteiger partial charge in [-0.2, -0.15) is 13.2 Å². The molecule has 0 fully saturated rings. The Morgan fingerprint density at radius 2 is 1.74 bits per heavy atom. The monoisotopic (exact) mass is 485 g/mol. The Labute approximate surface area is 195 Å². The number of para-hydroxylation sites is 1. The van der Waals surface area contributed by atoms with Crippen LogP contribution in [0, 0.1) is 0 Å². The van der Waals surface area contributed by atoms with Crippen LogP contribution in [0.15, 0.2) is 78.0 Å². The second kappa shape index (κ2) is 9.11. The summed E-state index contributed by atoms with van der Waals surface area (Å²) in [6, 6.07) is 11.8. The lowest BCUT2D eigenvalue weighted by Gasteiger charge is -2.16. The van der Waals surface area contributed by atoms with Crippen LogP contribution in [-0.4, -0.2) is 21.2 Å². The number of halogens is 4. The number of hydrogen-bond donors (Lipinski definition) is 1. The van der Waals surface area contributed by atoms with Crippen molar-refractivity contribution in [3.05, 3.63) is 105 Å². The molecule has 0 aliphatic rings. The second-order valence-electron chi connectivity index (χ2n) is 7.32. The van der Waals surface area contributed by atoms with Gasteiger partial charge in [-0.1, -0.05) is 23.7 Å². The van der Waals surface area contributed by atoms with Crippen molar-refractivity contribution in [2.45, 2.75) is 12.7 Å². The Morgan fingerprint density at radius 3 is 2.44 bits per heavy atom. The van der Waals surface area contributed by atoms with E-state index in [0.29, 0.717) is 5.52 Å². The molecule has 6 nitrogen and oxygen atoms in total. The number of carbonyl (C=O) groups excluding carboxylic acids is 2. The molecule has 0 unspecified atom stereocenters. The van der Waals surface area contributed by atoms with E-state index < -0.39 is 41.1 Å². The van der Waals surface area contributed by atoms with E-state index >= 15 is 0 Å². The number of nitrogens with zero attached hydrogens (tertiary/aromatic N) is 2. The number of alkyl halides is 3. The van der Waals surface area contributed by atoms with Gasteiger partial charge in [-0.15, -0.1) is 0 Å². The molecule has 172 valence electrons. The highest BCUT2D eigenvalue weighted by atomic mass is 35.5. The number of fused-ring (bicyclic) bond motifs is 1. The average Bonchev–Trinajstić information content (AvgIpc) is 2.80. The average molecular weight is 486 g/mol. The minimum atomic E-state index is -4.66. The van der Waals surface area contributed by atoms with Crippen LogP contribution in [0.3, 0.4) is 0 Å². The normalized spacial score (nSPS) is 11.4. The highest BCUT2D eigenvalue weighted by Crippen LogP contribution is 2.34. The summed E-state index contributed by atoms with van der Waals surface area (Å²) in [5, 5.41) is 2.60. The summed E-state index contributed by atoms with van der Waals surface area (Å²) in [5.74, 6) is -1.37. The van der Waals surface area contributed by atoms with Crippen LogP contribution in [-0.2, 0) is 17.5 Å². The van der Waals surface area contributed by atoms with E-state index in [4.69, 9.17) is 11.6 Å². The van der Waals surface area contributed by atoms with Crippen molar-refractivity contribution >= 4 is 39.9 Å². The van der Waals surface area contributed by atoms with Gasteiger partial charge < -0.3 is 9.88 Å². The first-order chi connectivity index (χ1) is 16.1. The summed E-state index contributed by atoms with van der Waals surface area (Å²) in [7, 11) is 0. The number of amides is 1. The van der Waals surface area contributed by atoms with Crippen LogP contribution in [0.2, 0.25) is 5.02 Å². The largest absolute Gasteiger partial charge is 0.418 e. The molecular weight excluding hydrogens is 471 g/mol. The van der Waals surface area contributed by atoms with Crippen molar-refractivity contribution in [2.24, 2.45) is 0 Å². The smallest absolute Gasteiger partial charge is 0.337 e. The topological polar surface area (TPSA) is 81.1 Å². The first-order valence-corrected chi connectivity index (χ1v) is 10.3. The van der Waals surface area contributed by atoms with E-state index in [2.05, 4.69) is 10.3 Å². The van der Waals surface area contributed by atoms with Gasteiger partial charge in [-0.3, -0.25) is 19.4 Å². The summed E-state index contributed by atoms with van der Waals surface area (Å²) in [5.41, 5.74) is -1.69. The van der Waals surface area contributed by atoms with Crippen LogP contribution < -0.4 is 10.7 Å². The lowest BCUT2D eigenvalue weighted by molar-refractivity contribution is -0.137. The highest BCUT2D eigenvalue weighted by molar-refractivity contribution is 6.31. The predicted octanol–water partition coefficient (Wildman–Crippen LogP) is 4.94. The molecule has 2 heterocycles. The summed E-state index contributed by atoms with van der Waals surface area (Å²) in [6.45, 7) is -0.457. The van der Waals surface area contributed by atoms with Gasteiger partial charge in [0.2, 0.25) is 11.3 Å². The van der Waals surface area contributed by atoms with Crippen molar-refractivity contribution in [3.8, 4) is 0 Å². The third-order valence-electron chi connectivity index (χ3n) is 5.05. The Balaban J connectivity index is 1.76. The number of carbonyl (C=O) groups is 2. The SMILES string of the molecule is O=C(Cn1cc(C(=O)c2ccncc2)c(=O)c2cc(Cl)ccc21)Nc1ccccc1C(F)(F)F. The van der Waals surface area contributed by atoms with E-state index in [1.54, 1.807) is 0 Å². The molecule has 0 bridgehead atoms. The summed E-state index contributed by atoms with van der Waals surface area (Å²) in [4.78, 5) is 42.6. The maximum absolute atomic E-state index is 13.3. The molecule has 0 spiro atoms. The van der Waals surface area contributed by atoms with E-state index in [-0.39, 0.29) is 21.5 Å². The molecule has 0 saturated carbocycles. The van der Waals surface area contributed by atoms with Gasteiger partial charge in [0.05, 0.1) is 22.3 Å². The minimum absolute atomic E-state index is 0.0934. The number of anilines is 1. The minimum Gasteiger partial charge on any atom is -0.337 e. The molecule has 2 aromatic heterocycles. The fourth-order valence-electron chi connectivity index (χ4n) is 3.50. The molecule has 0 atom stereocenters. The number of hydrogen-bond acceptors (Lipinski definition) is 4. The van der Waals surface area contributed by atoms with Gasteiger partial charge in [-0.25, -0.2) is 0 Å². The van der Waals surface area contributed by atoms with Crippen molar-refractivity contribution in [1.82, 2.24) is 9.55 Å². The zero-order chi connectivity index (χ0) is 24.5. The zero-order valence-corrected chi connectivity index (χ0v) is 18.0. The second-order valence-corrected chi connectivity index (χ2v) is 7.75. The summed E-state index contributed by atoms with van der Waals surface area (Å²) >= 11 is 6.04. The Morgan fingerprint density at radius 1 is 1.03 bits per heavy atom. The Kier molecular flexibility index (Phi) is 6.21. The van der Waals surface area contributed by atoms with Gasteiger partial charge in [0.25, 0.3) is 0 Å². The van der Waals surface area contributed by atoms with E-state index in [0.717, 1.165) is 12.1 Å². The molecule has 1 N–H and O–H groups in total. The molecule has 10 heteroatoms. The van der Waals surface area contributed by atoms with Gasteiger partial charge >= 0.3 is 6.18 Å². The van der Waals surface area contributed by atoms with Crippen LogP contribution in [0.4, 0.5) is 18.9 Å². The lowest BCUT2D eigenvalue weighted by atomic mass is 10.0.